The highest BCUT2D eigenvalue weighted by atomic mass is 32.1. The van der Waals surface area contributed by atoms with Crippen molar-refractivity contribution in [2.24, 2.45) is 0 Å². The monoisotopic (exact) mass is 1570 g/mol. The van der Waals surface area contributed by atoms with Crippen molar-refractivity contribution in [3.05, 3.63) is 280 Å². The standard InChI is InChI=1S/C19H13N3O3S.C15H11N5OS.C15H10N4O2S.2C14H8N4O2S/c1-25-19(24)15-8-4-7-14(21-15)16-10-26-18(22-16)17(23)12-9-20-13-6-3-2-5-11(12)13;1-8-17-14(20-19-8)12-7-22-15(18-12)13(21)10-6-16-11-5-3-2-4-9(10)11;1-8-17-14(19-21-8)12-7-22-15(18-12)13(20)10-6-16-11-5-3-2-4-9(10)11;19-12(9-5-15-10-4-2-1-3-8(9)10)14-17-11(6-21-14)13-18-16-7-20-13;19-12(9-5-15-10-4-2-1-3-8(9)10)14-17-11(6-21-14)13-16-7-20-18-13/h2-10,20H,1H3;2-7,16H,1H3,(H,17,19,20);2-7,16H,1H3;2*1-7,15H. The lowest BCUT2D eigenvalue weighted by atomic mass is 10.1. The van der Waals surface area contributed by atoms with Gasteiger partial charge in [-0.3, -0.25) is 29.1 Å². The minimum Gasteiger partial charge on any atom is -0.464 e. The number of rotatable bonds is 16. The van der Waals surface area contributed by atoms with Gasteiger partial charge in [0.1, 0.15) is 40.0 Å². The zero-order valence-electron chi connectivity index (χ0n) is 58.1. The van der Waals surface area contributed by atoms with E-state index < -0.39 is 5.97 Å². The van der Waals surface area contributed by atoms with Crippen molar-refractivity contribution in [2.45, 2.75) is 13.8 Å². The molecule has 548 valence electrons. The Labute approximate surface area is 648 Å². The van der Waals surface area contributed by atoms with Gasteiger partial charge in [-0.05, 0) is 49.4 Å². The molecule has 0 saturated heterocycles. The number of pyridine rings is 1. The maximum atomic E-state index is 12.8. The number of benzene rings is 5. The number of para-hydroxylation sites is 5. The third-order valence-electron chi connectivity index (χ3n) is 16.8. The van der Waals surface area contributed by atoms with Gasteiger partial charge in [0.15, 0.2) is 25.0 Å². The van der Waals surface area contributed by atoms with E-state index in [-0.39, 0.29) is 34.6 Å². The van der Waals surface area contributed by atoms with Gasteiger partial charge in [0.2, 0.25) is 65.1 Å². The van der Waals surface area contributed by atoms with E-state index in [1.54, 1.807) is 83.0 Å². The molecule has 15 heterocycles. The van der Waals surface area contributed by atoms with Gasteiger partial charge in [0, 0.05) is 119 Å². The van der Waals surface area contributed by atoms with Gasteiger partial charge < -0.3 is 43.1 Å². The van der Waals surface area contributed by atoms with Crippen molar-refractivity contribution in [3.63, 3.8) is 0 Å². The summed E-state index contributed by atoms with van der Waals surface area (Å²) < 4.78 is 19.4. The number of aryl methyl sites for hydroxylation is 2. The van der Waals surface area contributed by atoms with Crippen molar-refractivity contribution >= 4 is 146 Å². The highest BCUT2D eigenvalue weighted by Crippen LogP contribution is 2.32. The summed E-state index contributed by atoms with van der Waals surface area (Å²) in [5.41, 5.74) is 11.1. The number of thiazole rings is 5. The van der Waals surface area contributed by atoms with Crippen molar-refractivity contribution in [1.82, 2.24) is 100 Å². The van der Waals surface area contributed by atoms with Gasteiger partial charge in [0.05, 0.1) is 40.6 Å². The van der Waals surface area contributed by atoms with E-state index in [1.807, 2.05) is 128 Å². The summed E-state index contributed by atoms with van der Waals surface area (Å²) in [5.74, 6) is 1.65. The van der Waals surface area contributed by atoms with Gasteiger partial charge in [-0.15, -0.1) is 66.9 Å². The molecule has 0 bridgehead atoms. The summed E-state index contributed by atoms with van der Waals surface area (Å²) in [6, 6.07) is 43.3. The highest BCUT2D eigenvalue weighted by Gasteiger charge is 2.25. The fraction of sp³-hybridized carbons (Fsp3) is 0.0390. The molecule has 30 nitrogen and oxygen atoms in total. The van der Waals surface area contributed by atoms with Crippen LogP contribution in [0.2, 0.25) is 0 Å². The van der Waals surface area contributed by atoms with Gasteiger partial charge in [-0.25, -0.2) is 39.7 Å². The Morgan fingerprint density at radius 2 is 0.777 bits per heavy atom. The molecule has 5 aromatic carbocycles. The van der Waals surface area contributed by atoms with Crippen LogP contribution in [0.1, 0.15) is 99.0 Å². The minimum absolute atomic E-state index is 0.0963. The number of aromatic nitrogens is 20. The predicted molar refractivity (Wildman–Crippen MR) is 419 cm³/mol. The van der Waals surface area contributed by atoms with Gasteiger partial charge >= 0.3 is 5.97 Å². The lowest BCUT2D eigenvalue weighted by Gasteiger charge is -2.00. The van der Waals surface area contributed by atoms with Crippen LogP contribution in [0, 0.1) is 13.8 Å². The van der Waals surface area contributed by atoms with E-state index in [0.29, 0.717) is 122 Å². The molecule has 0 aliphatic rings. The van der Waals surface area contributed by atoms with E-state index in [4.69, 9.17) is 8.94 Å². The zero-order chi connectivity index (χ0) is 76.8. The van der Waals surface area contributed by atoms with Gasteiger partial charge in [0.25, 0.3) is 5.89 Å². The number of nitrogens with zero attached hydrogens (tertiary/aromatic N) is 14. The van der Waals surface area contributed by atoms with Crippen LogP contribution in [0.3, 0.4) is 0 Å². The summed E-state index contributed by atoms with van der Waals surface area (Å²) in [4.78, 5) is 129. The number of ether oxygens (including phenoxy) is 1. The average molecular weight is 1580 g/mol. The lowest BCUT2D eigenvalue weighted by Crippen LogP contribution is -2.04. The first-order valence-electron chi connectivity index (χ1n) is 33.4. The first kappa shape index (κ1) is 71.7. The van der Waals surface area contributed by atoms with Crippen LogP contribution in [0.4, 0.5) is 0 Å². The summed E-state index contributed by atoms with van der Waals surface area (Å²) in [7, 11) is 1.30. The number of methoxy groups -OCH3 is 1. The molecule has 0 fully saturated rings. The molecule has 0 aliphatic heterocycles. The number of carbonyl (C=O) groups is 6. The van der Waals surface area contributed by atoms with Crippen molar-refractivity contribution in [1.29, 1.82) is 0 Å². The summed E-state index contributed by atoms with van der Waals surface area (Å²) in [5, 5.41) is 37.0. The SMILES string of the molecule is COC(=O)c1cccc(-c2csc(C(=O)c3c[nH]c4ccccc34)n2)n1.Cc1nc(-c2csc(C(=O)c3c[nH]c4ccccc34)n2)n[nH]1.Cc1nc(-c2csc(C(=O)c3c[nH]c4ccccc34)n2)no1.O=C(c1nc(-c2ncon2)cs1)c1c[nH]c2ccccc12.O=C(c1nc(-c2nnco2)cs1)c1c[nH]c2ccccc12. The molecule has 35 heteroatoms. The summed E-state index contributed by atoms with van der Waals surface area (Å²) in [6.07, 6.45) is 11.0. The Morgan fingerprint density at radius 3 is 1.15 bits per heavy atom. The van der Waals surface area contributed by atoms with Crippen LogP contribution in [0.25, 0.3) is 112 Å². The second kappa shape index (κ2) is 31.7. The van der Waals surface area contributed by atoms with Crippen LogP contribution >= 0.6 is 56.7 Å². The number of carbonyl (C=O) groups excluding carboxylic acids is 6. The molecule has 20 aromatic rings. The number of hydrogen-bond acceptors (Lipinski definition) is 29. The molecule has 0 saturated carbocycles. The number of nitrogens with one attached hydrogen (secondary N) is 6. The predicted octanol–water partition coefficient (Wildman–Crippen LogP) is 15.7. The zero-order valence-corrected chi connectivity index (χ0v) is 62.2. The van der Waals surface area contributed by atoms with Crippen molar-refractivity contribution in [3.8, 4) is 57.5 Å². The Kier molecular flexibility index (Phi) is 20.3. The highest BCUT2D eigenvalue weighted by molar-refractivity contribution is 7.13. The van der Waals surface area contributed by atoms with Crippen molar-refractivity contribution in [2.75, 3.05) is 7.11 Å². The smallest absolute Gasteiger partial charge is 0.356 e. The van der Waals surface area contributed by atoms with E-state index in [1.165, 1.54) is 76.6 Å². The topological polar surface area (TPSA) is 426 Å². The molecule has 112 heavy (non-hydrogen) atoms. The normalized spacial score (nSPS) is 11.0. The molecule has 0 atom stereocenters. The Morgan fingerprint density at radius 1 is 0.384 bits per heavy atom. The largest absolute Gasteiger partial charge is 0.464 e. The maximum absolute atomic E-state index is 12.8. The van der Waals surface area contributed by atoms with Crippen LogP contribution in [0.15, 0.2) is 224 Å². The molecule has 6 N–H and O–H groups in total. The van der Waals surface area contributed by atoms with Crippen molar-refractivity contribution < 1.29 is 47.0 Å². The van der Waals surface area contributed by atoms with Crippen LogP contribution < -0.4 is 0 Å². The molecule has 0 amide bonds. The van der Waals surface area contributed by atoms with Gasteiger partial charge in [-0.2, -0.15) is 15.1 Å². The third kappa shape index (κ3) is 15.0. The number of ketones is 5. The van der Waals surface area contributed by atoms with Gasteiger partial charge in [-0.1, -0.05) is 107 Å². The van der Waals surface area contributed by atoms with E-state index >= 15 is 0 Å². The fourth-order valence-electron chi connectivity index (χ4n) is 11.5. The van der Waals surface area contributed by atoms with E-state index in [9.17, 15) is 28.8 Å². The molecule has 0 radical (unpaired) electrons. The average Bonchev–Trinajstić information content (AvgIpc) is 1.67. The number of aromatic amines is 6. The summed E-state index contributed by atoms with van der Waals surface area (Å²) in [6.45, 7) is 3.53. The molecule has 0 spiro atoms. The Balaban J connectivity index is 0.000000106. The quantitative estimate of drug-likeness (QED) is 0.0386. The number of H-pyrrole nitrogens is 6. The second-order valence-corrected chi connectivity index (χ2v) is 28.1. The number of esters is 1. The first-order valence-corrected chi connectivity index (χ1v) is 37.8. The van der Waals surface area contributed by atoms with Crippen LogP contribution in [0.5, 0.6) is 0 Å². The fourth-order valence-corrected chi connectivity index (χ4v) is 15.3. The first-order chi connectivity index (χ1) is 54.8. The molecule has 15 aromatic heterocycles. The molecular formula is C77H50N20O10S5. The number of fused-ring (bicyclic) bond motifs is 5. The van der Waals surface area contributed by atoms with E-state index in [2.05, 4.69) is 110 Å². The molecule has 0 aliphatic carbocycles. The minimum atomic E-state index is -0.517. The van der Waals surface area contributed by atoms with Crippen LogP contribution in [-0.2, 0) is 4.74 Å². The maximum Gasteiger partial charge on any atom is 0.356 e. The number of hydrogen-bond donors (Lipinski definition) is 6. The second-order valence-electron chi connectivity index (χ2n) is 23.9. The molecular weight excluding hydrogens is 1530 g/mol. The summed E-state index contributed by atoms with van der Waals surface area (Å²) >= 11 is 6.35. The lowest BCUT2D eigenvalue weighted by molar-refractivity contribution is 0.0593. The molecule has 20 rings (SSSR count). The third-order valence-corrected chi connectivity index (χ3v) is 21.0. The Hall–Kier alpha value is -14.5. The van der Waals surface area contributed by atoms with Crippen LogP contribution in [-0.4, -0.2) is 142 Å². The molecule has 0 unspecified atom stereocenters. The van der Waals surface area contributed by atoms with E-state index in [0.717, 1.165) is 54.5 Å². The Bertz CT molecular complexity index is 6500.